The smallest absolute Gasteiger partial charge is 0.160 e. The Balaban J connectivity index is 1.15. The number of nitrogens with zero attached hydrogens (tertiary/aromatic N) is 4. The first-order chi connectivity index (χ1) is 27.7. The molecule has 0 fully saturated rings. The topological polar surface area (TPSA) is 51.6 Å². The molecule has 0 atom stereocenters. The van der Waals surface area contributed by atoms with Gasteiger partial charge in [-0.05, 0) is 64.2 Å². The zero-order chi connectivity index (χ0) is 37.0. The summed E-state index contributed by atoms with van der Waals surface area (Å²) in [7, 11) is 0. The van der Waals surface area contributed by atoms with E-state index in [0.717, 1.165) is 50.3 Å². The second-order valence-electron chi connectivity index (χ2n) is 13.9. The standard InChI is InChI=1S/C50H30N4S2/c1-2-10-32(11-3-1)44-27-45(54-50(53-44)33-22-20-31(21-23-33)37-28-51-30-52-29-37)36-25-34(38-14-8-16-42-40-12-4-6-18-46(40)55-48(38)42)24-35(26-36)39-15-9-17-43-41-13-5-7-19-47(41)56-49(39)43/h1-30H. The summed E-state index contributed by atoms with van der Waals surface area (Å²) in [6, 6.07) is 58.7. The van der Waals surface area contributed by atoms with Gasteiger partial charge in [0.05, 0.1) is 11.4 Å². The Morgan fingerprint density at radius 2 is 0.839 bits per heavy atom. The molecule has 0 saturated carbocycles. The van der Waals surface area contributed by atoms with Gasteiger partial charge in [0.2, 0.25) is 0 Å². The molecule has 0 amide bonds. The first kappa shape index (κ1) is 32.6. The van der Waals surface area contributed by atoms with E-state index in [9.17, 15) is 0 Å². The van der Waals surface area contributed by atoms with Crippen LogP contribution in [0, 0.1) is 0 Å². The highest BCUT2D eigenvalue weighted by Crippen LogP contribution is 2.45. The molecule has 56 heavy (non-hydrogen) atoms. The lowest BCUT2D eigenvalue weighted by molar-refractivity contribution is 1.17. The molecule has 0 N–H and O–H groups in total. The number of hydrogen-bond acceptors (Lipinski definition) is 6. The Morgan fingerprint density at radius 1 is 0.339 bits per heavy atom. The fourth-order valence-corrected chi connectivity index (χ4v) is 10.3. The second kappa shape index (κ2) is 13.5. The Bertz CT molecular complexity index is 3110. The van der Waals surface area contributed by atoms with Crippen LogP contribution in [-0.4, -0.2) is 19.9 Å². The quantitative estimate of drug-likeness (QED) is 0.170. The van der Waals surface area contributed by atoms with Crippen molar-refractivity contribution in [2.75, 3.05) is 0 Å². The van der Waals surface area contributed by atoms with E-state index < -0.39 is 0 Å². The van der Waals surface area contributed by atoms with Gasteiger partial charge in [-0.1, -0.05) is 127 Å². The summed E-state index contributed by atoms with van der Waals surface area (Å²) >= 11 is 3.72. The van der Waals surface area contributed by atoms with Crippen molar-refractivity contribution in [1.82, 2.24) is 19.9 Å². The first-order valence-corrected chi connectivity index (χ1v) is 20.1. The van der Waals surface area contributed by atoms with Crippen LogP contribution in [0.1, 0.15) is 0 Å². The van der Waals surface area contributed by atoms with E-state index in [1.54, 1.807) is 6.33 Å². The highest BCUT2D eigenvalue weighted by molar-refractivity contribution is 7.26. The van der Waals surface area contributed by atoms with Gasteiger partial charge in [-0.25, -0.2) is 19.9 Å². The van der Waals surface area contributed by atoms with Crippen molar-refractivity contribution in [2.45, 2.75) is 0 Å². The molecule has 0 bridgehead atoms. The number of aromatic nitrogens is 4. The van der Waals surface area contributed by atoms with Crippen molar-refractivity contribution in [1.29, 1.82) is 0 Å². The fourth-order valence-electron chi connectivity index (χ4n) is 7.78. The van der Waals surface area contributed by atoms with Crippen LogP contribution in [0.2, 0.25) is 0 Å². The van der Waals surface area contributed by atoms with E-state index in [-0.39, 0.29) is 0 Å². The predicted octanol–water partition coefficient (Wildman–Crippen LogP) is 14.0. The van der Waals surface area contributed by atoms with Gasteiger partial charge in [-0.15, -0.1) is 22.7 Å². The van der Waals surface area contributed by atoms with Crippen molar-refractivity contribution in [3.8, 4) is 67.3 Å². The van der Waals surface area contributed by atoms with E-state index in [1.807, 2.05) is 41.1 Å². The minimum absolute atomic E-state index is 0.669. The third-order valence-corrected chi connectivity index (χ3v) is 12.9. The summed E-state index contributed by atoms with van der Waals surface area (Å²) in [6.45, 7) is 0. The van der Waals surface area contributed by atoms with E-state index in [2.05, 4.69) is 168 Å². The molecule has 0 spiro atoms. The summed E-state index contributed by atoms with van der Waals surface area (Å²) in [4.78, 5) is 18.9. The van der Waals surface area contributed by atoms with E-state index in [4.69, 9.17) is 9.97 Å². The van der Waals surface area contributed by atoms with Crippen LogP contribution in [0.5, 0.6) is 0 Å². The van der Waals surface area contributed by atoms with Crippen molar-refractivity contribution >= 4 is 63.0 Å². The van der Waals surface area contributed by atoms with Gasteiger partial charge < -0.3 is 0 Å². The Labute approximate surface area is 331 Å². The maximum atomic E-state index is 5.33. The maximum absolute atomic E-state index is 5.33. The minimum Gasteiger partial charge on any atom is -0.244 e. The predicted molar refractivity (Wildman–Crippen MR) is 236 cm³/mol. The van der Waals surface area contributed by atoms with E-state index in [0.29, 0.717) is 5.82 Å². The number of benzene rings is 7. The zero-order valence-electron chi connectivity index (χ0n) is 29.9. The minimum atomic E-state index is 0.669. The molecule has 4 heterocycles. The average molecular weight is 751 g/mol. The van der Waals surface area contributed by atoms with Crippen molar-refractivity contribution in [3.63, 3.8) is 0 Å². The van der Waals surface area contributed by atoms with Gasteiger partial charge in [0.1, 0.15) is 6.33 Å². The zero-order valence-corrected chi connectivity index (χ0v) is 31.6. The number of thiophene rings is 2. The molecule has 262 valence electrons. The van der Waals surface area contributed by atoms with E-state index >= 15 is 0 Å². The molecule has 0 aliphatic carbocycles. The normalized spacial score (nSPS) is 11.6. The van der Waals surface area contributed by atoms with Gasteiger partial charge in [0, 0.05) is 75.0 Å². The van der Waals surface area contributed by atoms with Gasteiger partial charge >= 0.3 is 0 Å². The van der Waals surface area contributed by atoms with Gasteiger partial charge in [-0.3, -0.25) is 0 Å². The summed E-state index contributed by atoms with van der Waals surface area (Å²) in [5.74, 6) is 0.669. The molecule has 11 rings (SSSR count). The molecule has 4 aromatic heterocycles. The molecule has 6 heteroatoms. The number of rotatable bonds is 6. The molecule has 11 aromatic rings. The highest BCUT2D eigenvalue weighted by atomic mass is 32.1. The van der Waals surface area contributed by atoms with Crippen LogP contribution < -0.4 is 0 Å². The lowest BCUT2D eigenvalue weighted by atomic mass is 9.93. The summed E-state index contributed by atoms with van der Waals surface area (Å²) < 4.78 is 5.16. The van der Waals surface area contributed by atoms with Gasteiger partial charge in [0.15, 0.2) is 5.82 Å². The van der Waals surface area contributed by atoms with Crippen LogP contribution in [-0.2, 0) is 0 Å². The van der Waals surface area contributed by atoms with Gasteiger partial charge in [0.25, 0.3) is 0 Å². The van der Waals surface area contributed by atoms with Crippen molar-refractivity contribution in [3.05, 3.63) is 183 Å². The molecular formula is C50H30N4S2. The van der Waals surface area contributed by atoms with Gasteiger partial charge in [-0.2, -0.15) is 0 Å². The van der Waals surface area contributed by atoms with E-state index in [1.165, 1.54) is 51.5 Å². The largest absolute Gasteiger partial charge is 0.244 e. The Kier molecular flexibility index (Phi) is 7.83. The SMILES string of the molecule is c1ccc(-c2cc(-c3cc(-c4cccc5c4sc4ccccc45)cc(-c4cccc5c4sc4ccccc45)c3)nc(-c3ccc(-c4cncnc4)cc3)n2)cc1. The molecule has 0 aliphatic heterocycles. The summed E-state index contributed by atoms with van der Waals surface area (Å²) in [6.07, 6.45) is 5.21. The average Bonchev–Trinajstić information content (AvgIpc) is 3.86. The third-order valence-electron chi connectivity index (χ3n) is 10.5. The molecule has 4 nitrogen and oxygen atoms in total. The molecule has 0 radical (unpaired) electrons. The van der Waals surface area contributed by atoms with Crippen molar-refractivity contribution < 1.29 is 0 Å². The van der Waals surface area contributed by atoms with Crippen LogP contribution in [0.4, 0.5) is 0 Å². The lowest BCUT2D eigenvalue weighted by Gasteiger charge is -2.14. The Hall–Kier alpha value is -6.86. The van der Waals surface area contributed by atoms with Crippen LogP contribution in [0.3, 0.4) is 0 Å². The molecule has 0 aliphatic rings. The lowest BCUT2D eigenvalue weighted by Crippen LogP contribution is -1.97. The van der Waals surface area contributed by atoms with Crippen LogP contribution in [0.25, 0.3) is 108 Å². The molecule has 0 saturated heterocycles. The maximum Gasteiger partial charge on any atom is 0.160 e. The number of hydrogen-bond donors (Lipinski definition) is 0. The van der Waals surface area contributed by atoms with Crippen LogP contribution >= 0.6 is 22.7 Å². The monoisotopic (exact) mass is 750 g/mol. The number of fused-ring (bicyclic) bond motifs is 6. The molecule has 0 unspecified atom stereocenters. The molecular weight excluding hydrogens is 721 g/mol. The first-order valence-electron chi connectivity index (χ1n) is 18.5. The summed E-state index contributed by atoms with van der Waals surface area (Å²) in [5, 5.41) is 5.14. The molecule has 7 aromatic carbocycles. The summed E-state index contributed by atoms with van der Waals surface area (Å²) in [5.41, 5.74) is 11.5. The second-order valence-corrected chi connectivity index (χ2v) is 16.0. The van der Waals surface area contributed by atoms with Crippen molar-refractivity contribution in [2.24, 2.45) is 0 Å². The fraction of sp³-hybridized carbons (Fsp3) is 0. The third kappa shape index (κ3) is 5.66. The Morgan fingerprint density at radius 3 is 1.45 bits per heavy atom. The highest BCUT2D eigenvalue weighted by Gasteiger charge is 2.18. The van der Waals surface area contributed by atoms with Crippen LogP contribution in [0.15, 0.2) is 183 Å².